The second-order valence-electron chi connectivity index (χ2n) is 7.86. The number of carbonyl (C=O) groups is 1. The summed E-state index contributed by atoms with van der Waals surface area (Å²) in [4.78, 5) is 14.4. The van der Waals surface area contributed by atoms with Gasteiger partial charge in [-0.3, -0.25) is 4.79 Å². The molecule has 2 aromatic carbocycles. The molecule has 1 saturated heterocycles. The van der Waals surface area contributed by atoms with E-state index in [1.807, 2.05) is 12.1 Å². The van der Waals surface area contributed by atoms with Crippen molar-refractivity contribution >= 4 is 15.9 Å². The van der Waals surface area contributed by atoms with Gasteiger partial charge in [-0.2, -0.15) is 4.31 Å². The number of ether oxygens (including phenoxy) is 4. The monoisotopic (exact) mass is 488 g/mol. The largest absolute Gasteiger partial charge is 0.493 e. The first-order valence-electron chi connectivity index (χ1n) is 11.0. The predicted octanol–water partition coefficient (Wildman–Crippen LogP) is 2.11. The summed E-state index contributed by atoms with van der Waals surface area (Å²) < 4.78 is 49.6. The van der Waals surface area contributed by atoms with Crippen molar-refractivity contribution in [3.8, 4) is 23.0 Å². The quantitative estimate of drug-likeness (QED) is 0.525. The molecule has 0 bridgehead atoms. The summed E-state index contributed by atoms with van der Waals surface area (Å²) in [6, 6.07) is 10.1. The van der Waals surface area contributed by atoms with Crippen molar-refractivity contribution in [2.45, 2.75) is 11.3 Å². The lowest BCUT2D eigenvalue weighted by molar-refractivity contribution is -0.134. The molecule has 1 amide bonds. The van der Waals surface area contributed by atoms with Gasteiger partial charge in [-0.25, -0.2) is 8.42 Å². The van der Waals surface area contributed by atoms with Crippen molar-refractivity contribution in [2.75, 3.05) is 53.1 Å². The van der Waals surface area contributed by atoms with Crippen LogP contribution in [0.5, 0.6) is 23.0 Å². The minimum Gasteiger partial charge on any atom is -0.493 e. The molecule has 0 atom stereocenters. The standard InChI is InChI=1S/C24H28N2O7S/c1-3-4-18-5-7-20(22(15-18)30-2)33-17-24(27)25-9-11-26(12-10-25)34(28,29)19-6-8-21-23(16-19)32-14-13-31-21/h3,5-8,15-16H,1,4,9-14,17H2,2H3. The van der Waals surface area contributed by atoms with E-state index in [0.717, 1.165) is 5.56 Å². The van der Waals surface area contributed by atoms with Crippen LogP contribution >= 0.6 is 0 Å². The SMILES string of the molecule is C=CCc1ccc(OCC(=O)N2CCN(S(=O)(=O)c3ccc4c(c3)OCCO4)CC2)c(OC)c1. The van der Waals surface area contributed by atoms with E-state index < -0.39 is 10.0 Å². The van der Waals surface area contributed by atoms with Crippen molar-refractivity contribution in [2.24, 2.45) is 0 Å². The number of methoxy groups -OCH3 is 1. The van der Waals surface area contributed by atoms with Crippen LogP contribution < -0.4 is 18.9 Å². The number of hydrogen-bond acceptors (Lipinski definition) is 7. The van der Waals surface area contributed by atoms with Gasteiger partial charge in [-0.1, -0.05) is 12.1 Å². The summed E-state index contributed by atoms with van der Waals surface area (Å²) in [5.74, 6) is 1.76. The van der Waals surface area contributed by atoms with Gasteiger partial charge in [0.25, 0.3) is 5.91 Å². The normalized spacial score (nSPS) is 16.1. The third-order valence-electron chi connectivity index (χ3n) is 5.70. The van der Waals surface area contributed by atoms with Crippen LogP contribution in [0.15, 0.2) is 53.9 Å². The van der Waals surface area contributed by atoms with Crippen LogP contribution in [-0.2, 0) is 21.2 Å². The molecule has 2 aliphatic heterocycles. The first-order chi connectivity index (χ1) is 16.4. The van der Waals surface area contributed by atoms with E-state index in [2.05, 4.69) is 6.58 Å². The van der Waals surface area contributed by atoms with E-state index >= 15 is 0 Å². The molecule has 0 radical (unpaired) electrons. The topological polar surface area (TPSA) is 94.6 Å². The van der Waals surface area contributed by atoms with Crippen LogP contribution in [0.1, 0.15) is 5.56 Å². The molecule has 0 aliphatic carbocycles. The Bertz CT molecular complexity index is 1160. The third kappa shape index (κ3) is 5.13. The predicted molar refractivity (Wildman–Crippen MR) is 125 cm³/mol. The fraction of sp³-hybridized carbons (Fsp3) is 0.375. The van der Waals surface area contributed by atoms with Gasteiger partial charge in [0.05, 0.1) is 12.0 Å². The molecule has 0 saturated carbocycles. The zero-order chi connectivity index (χ0) is 24.1. The molecular weight excluding hydrogens is 460 g/mol. The number of sulfonamides is 1. The Morgan fingerprint density at radius 3 is 2.47 bits per heavy atom. The summed E-state index contributed by atoms with van der Waals surface area (Å²) in [6.07, 6.45) is 2.50. The molecule has 9 nitrogen and oxygen atoms in total. The first kappa shape index (κ1) is 23.9. The zero-order valence-electron chi connectivity index (χ0n) is 19.1. The molecule has 1 fully saturated rings. The molecule has 0 N–H and O–H groups in total. The van der Waals surface area contributed by atoms with Crippen LogP contribution in [0.2, 0.25) is 0 Å². The second kappa shape index (κ2) is 10.4. The number of nitrogens with zero attached hydrogens (tertiary/aromatic N) is 2. The summed E-state index contributed by atoms with van der Waals surface area (Å²) in [6.45, 7) is 5.33. The van der Waals surface area contributed by atoms with Crippen LogP contribution in [-0.4, -0.2) is 76.6 Å². The maximum atomic E-state index is 13.1. The fourth-order valence-corrected chi connectivity index (χ4v) is 5.30. The molecule has 10 heteroatoms. The van der Waals surface area contributed by atoms with E-state index in [4.69, 9.17) is 18.9 Å². The minimum atomic E-state index is -3.71. The average Bonchev–Trinajstić information content (AvgIpc) is 2.87. The number of allylic oxidation sites excluding steroid dienone is 1. The van der Waals surface area contributed by atoms with Crippen molar-refractivity contribution in [3.63, 3.8) is 0 Å². The van der Waals surface area contributed by atoms with Crippen molar-refractivity contribution in [1.82, 2.24) is 9.21 Å². The van der Waals surface area contributed by atoms with E-state index in [1.165, 1.54) is 16.4 Å². The first-order valence-corrected chi connectivity index (χ1v) is 12.4. The Kier molecular flexibility index (Phi) is 7.28. The highest BCUT2D eigenvalue weighted by atomic mass is 32.2. The zero-order valence-corrected chi connectivity index (χ0v) is 19.9. The smallest absolute Gasteiger partial charge is 0.260 e. The van der Waals surface area contributed by atoms with Gasteiger partial charge >= 0.3 is 0 Å². The van der Waals surface area contributed by atoms with Crippen molar-refractivity contribution in [1.29, 1.82) is 0 Å². The van der Waals surface area contributed by atoms with E-state index in [0.29, 0.717) is 42.6 Å². The van der Waals surface area contributed by atoms with Crippen LogP contribution in [0.3, 0.4) is 0 Å². The molecule has 0 spiro atoms. The molecule has 4 rings (SSSR count). The van der Waals surface area contributed by atoms with E-state index in [-0.39, 0.29) is 43.6 Å². The molecule has 0 aromatic heterocycles. The van der Waals surface area contributed by atoms with Crippen LogP contribution in [0, 0.1) is 0 Å². The summed E-state index contributed by atoms with van der Waals surface area (Å²) in [5, 5.41) is 0. The minimum absolute atomic E-state index is 0.145. The Morgan fingerprint density at radius 1 is 1.03 bits per heavy atom. The average molecular weight is 489 g/mol. The molecule has 2 aliphatic rings. The lowest BCUT2D eigenvalue weighted by Crippen LogP contribution is -2.51. The second-order valence-corrected chi connectivity index (χ2v) is 9.79. The number of fused-ring (bicyclic) bond motifs is 1. The maximum Gasteiger partial charge on any atom is 0.260 e. The molecule has 2 aromatic rings. The van der Waals surface area contributed by atoms with Crippen molar-refractivity contribution in [3.05, 3.63) is 54.6 Å². The lowest BCUT2D eigenvalue weighted by Gasteiger charge is -2.34. The molecule has 34 heavy (non-hydrogen) atoms. The summed E-state index contributed by atoms with van der Waals surface area (Å²) in [5.41, 5.74) is 1.03. The number of amides is 1. The summed E-state index contributed by atoms with van der Waals surface area (Å²) >= 11 is 0. The molecule has 2 heterocycles. The number of rotatable bonds is 8. The highest BCUT2D eigenvalue weighted by molar-refractivity contribution is 7.89. The van der Waals surface area contributed by atoms with Crippen LogP contribution in [0.4, 0.5) is 0 Å². The third-order valence-corrected chi connectivity index (χ3v) is 7.60. The van der Waals surface area contributed by atoms with E-state index in [9.17, 15) is 13.2 Å². The van der Waals surface area contributed by atoms with Crippen molar-refractivity contribution < 1.29 is 32.2 Å². The van der Waals surface area contributed by atoms with Gasteiger partial charge in [0, 0.05) is 32.2 Å². The van der Waals surface area contributed by atoms with Crippen LogP contribution in [0.25, 0.3) is 0 Å². The Morgan fingerprint density at radius 2 is 1.76 bits per heavy atom. The highest BCUT2D eigenvalue weighted by Crippen LogP contribution is 2.33. The molecular formula is C24H28N2O7S. The Labute approximate surface area is 199 Å². The maximum absolute atomic E-state index is 13.1. The van der Waals surface area contributed by atoms with Gasteiger partial charge in [-0.15, -0.1) is 6.58 Å². The lowest BCUT2D eigenvalue weighted by atomic mass is 10.1. The summed E-state index contributed by atoms with van der Waals surface area (Å²) in [7, 11) is -2.17. The Balaban J connectivity index is 1.33. The Hall–Kier alpha value is -3.24. The van der Waals surface area contributed by atoms with Gasteiger partial charge in [0.2, 0.25) is 10.0 Å². The highest BCUT2D eigenvalue weighted by Gasteiger charge is 2.31. The number of piperazine rings is 1. The fourth-order valence-electron chi connectivity index (χ4n) is 3.87. The van der Waals surface area contributed by atoms with E-state index in [1.54, 1.807) is 30.2 Å². The molecule has 0 unspecified atom stereocenters. The van der Waals surface area contributed by atoms with Gasteiger partial charge in [0.1, 0.15) is 13.2 Å². The van der Waals surface area contributed by atoms with Gasteiger partial charge in [-0.05, 0) is 36.2 Å². The number of benzene rings is 2. The van der Waals surface area contributed by atoms with Gasteiger partial charge < -0.3 is 23.8 Å². The molecule has 182 valence electrons. The van der Waals surface area contributed by atoms with Gasteiger partial charge in [0.15, 0.2) is 29.6 Å². The number of hydrogen-bond donors (Lipinski definition) is 0. The number of carbonyl (C=O) groups excluding carboxylic acids is 1.